The number of hydrogen-bond donors (Lipinski definition) is 3. The molecule has 0 radical (unpaired) electrons. The summed E-state index contributed by atoms with van der Waals surface area (Å²) in [7, 11) is -3.56. The minimum absolute atomic E-state index is 0.0916. The quantitative estimate of drug-likeness (QED) is 0.673. The maximum atomic E-state index is 12.3. The topological polar surface area (TPSA) is 87.3 Å². The normalized spacial score (nSPS) is 21.6. The molecule has 3 N–H and O–H groups in total. The summed E-state index contributed by atoms with van der Waals surface area (Å²) in [5.41, 5.74) is 0.449. The molecule has 1 aromatic rings. The van der Waals surface area contributed by atoms with Crippen molar-refractivity contribution < 1.29 is 13.2 Å². The molecule has 126 valence electrons. The van der Waals surface area contributed by atoms with Crippen LogP contribution in [0.2, 0.25) is 0 Å². The van der Waals surface area contributed by atoms with Gasteiger partial charge in [0.2, 0.25) is 10.0 Å². The van der Waals surface area contributed by atoms with E-state index in [0.717, 1.165) is 19.5 Å². The number of carbonyl (C=O) groups excluding carboxylic acids is 1. The van der Waals surface area contributed by atoms with E-state index in [1.165, 1.54) is 30.3 Å². The smallest absolute Gasteiger partial charge is 0.251 e. The van der Waals surface area contributed by atoms with Crippen molar-refractivity contribution in [1.82, 2.24) is 15.4 Å². The Morgan fingerprint density at radius 2 is 2.09 bits per heavy atom. The molecule has 6 nitrogen and oxygen atoms in total. The van der Waals surface area contributed by atoms with Gasteiger partial charge < -0.3 is 10.6 Å². The fraction of sp³-hybridized carbons (Fsp3) is 0.438. The predicted octanol–water partition coefficient (Wildman–Crippen LogP) is 0.879. The summed E-state index contributed by atoms with van der Waals surface area (Å²) in [6, 6.07) is 6.01. The first-order valence-corrected chi connectivity index (χ1v) is 9.14. The molecule has 1 aliphatic heterocycles. The van der Waals surface area contributed by atoms with Crippen molar-refractivity contribution >= 4 is 15.9 Å². The number of sulfonamides is 1. The molecule has 7 heteroatoms. The zero-order chi connectivity index (χ0) is 16.9. The molecule has 1 aliphatic rings. The van der Waals surface area contributed by atoms with E-state index in [1.54, 1.807) is 0 Å². The molecule has 1 amide bonds. The Balaban J connectivity index is 2.04. The molecule has 1 fully saturated rings. The molecule has 1 heterocycles. The van der Waals surface area contributed by atoms with Crippen LogP contribution in [-0.4, -0.2) is 40.0 Å². The first-order valence-electron chi connectivity index (χ1n) is 7.66. The highest BCUT2D eigenvalue weighted by molar-refractivity contribution is 7.89. The van der Waals surface area contributed by atoms with Gasteiger partial charge in [0.15, 0.2) is 0 Å². The van der Waals surface area contributed by atoms with E-state index in [2.05, 4.69) is 28.9 Å². The monoisotopic (exact) mass is 337 g/mol. The van der Waals surface area contributed by atoms with Crippen molar-refractivity contribution in [3.8, 4) is 0 Å². The molecule has 2 atom stereocenters. The lowest BCUT2D eigenvalue weighted by molar-refractivity contribution is 0.0915. The Bertz CT molecular complexity index is 656. The molecule has 1 aromatic carbocycles. The van der Waals surface area contributed by atoms with Crippen molar-refractivity contribution in [3.05, 3.63) is 42.5 Å². The van der Waals surface area contributed by atoms with Crippen LogP contribution in [0.15, 0.2) is 41.8 Å². The van der Waals surface area contributed by atoms with Gasteiger partial charge in [0.05, 0.1) is 4.90 Å². The molecule has 0 spiro atoms. The molecule has 0 aliphatic carbocycles. The number of piperidine rings is 1. The van der Waals surface area contributed by atoms with Crippen LogP contribution >= 0.6 is 0 Å². The van der Waals surface area contributed by atoms with Crippen LogP contribution in [-0.2, 0) is 10.0 Å². The van der Waals surface area contributed by atoms with Crippen LogP contribution < -0.4 is 15.4 Å². The number of hydrogen-bond acceptors (Lipinski definition) is 4. The predicted molar refractivity (Wildman–Crippen MR) is 89.7 cm³/mol. The summed E-state index contributed by atoms with van der Waals surface area (Å²) in [6.07, 6.45) is 2.50. The number of benzene rings is 1. The van der Waals surface area contributed by atoms with Gasteiger partial charge in [-0.25, -0.2) is 13.1 Å². The van der Waals surface area contributed by atoms with Crippen LogP contribution in [0.3, 0.4) is 0 Å². The van der Waals surface area contributed by atoms with Crippen molar-refractivity contribution in [1.29, 1.82) is 0 Å². The lowest BCUT2D eigenvalue weighted by atomic mass is 9.94. The highest BCUT2D eigenvalue weighted by Crippen LogP contribution is 2.14. The highest BCUT2D eigenvalue weighted by atomic mass is 32.2. The summed E-state index contributed by atoms with van der Waals surface area (Å²) >= 11 is 0. The minimum Gasteiger partial charge on any atom is -0.348 e. The lowest BCUT2D eigenvalue weighted by Crippen LogP contribution is -2.50. The Labute approximate surface area is 137 Å². The van der Waals surface area contributed by atoms with Gasteiger partial charge in [-0.2, -0.15) is 0 Å². The van der Waals surface area contributed by atoms with E-state index >= 15 is 0 Å². The van der Waals surface area contributed by atoms with Gasteiger partial charge in [0.25, 0.3) is 5.91 Å². The van der Waals surface area contributed by atoms with Crippen molar-refractivity contribution in [2.75, 3.05) is 19.6 Å². The number of carbonyl (C=O) groups is 1. The van der Waals surface area contributed by atoms with E-state index in [0.29, 0.717) is 11.5 Å². The van der Waals surface area contributed by atoms with Gasteiger partial charge in [0, 0.05) is 24.7 Å². The van der Waals surface area contributed by atoms with E-state index in [9.17, 15) is 13.2 Å². The highest BCUT2D eigenvalue weighted by Gasteiger charge is 2.23. The van der Waals surface area contributed by atoms with E-state index in [4.69, 9.17) is 0 Å². The number of amides is 1. The third-order valence-electron chi connectivity index (χ3n) is 3.99. The summed E-state index contributed by atoms with van der Waals surface area (Å²) in [5, 5.41) is 6.26. The first kappa shape index (κ1) is 17.7. The minimum atomic E-state index is -3.56. The van der Waals surface area contributed by atoms with E-state index in [-0.39, 0.29) is 23.4 Å². The Morgan fingerprint density at radius 3 is 2.70 bits per heavy atom. The molecule has 0 bridgehead atoms. The first-order chi connectivity index (χ1) is 10.9. The fourth-order valence-electron chi connectivity index (χ4n) is 2.47. The van der Waals surface area contributed by atoms with Crippen molar-refractivity contribution in [2.45, 2.75) is 24.3 Å². The maximum Gasteiger partial charge on any atom is 0.251 e. The summed E-state index contributed by atoms with van der Waals surface area (Å²) < 4.78 is 26.3. The van der Waals surface area contributed by atoms with Crippen LogP contribution in [0.25, 0.3) is 0 Å². The van der Waals surface area contributed by atoms with Gasteiger partial charge in [-0.3, -0.25) is 4.79 Å². The Morgan fingerprint density at radius 1 is 1.39 bits per heavy atom. The summed E-state index contributed by atoms with van der Waals surface area (Å²) in [5.74, 6) is 0.233. The third kappa shape index (κ3) is 4.63. The second-order valence-corrected chi connectivity index (χ2v) is 7.48. The van der Waals surface area contributed by atoms with E-state index in [1.807, 2.05) is 0 Å². The molecular weight excluding hydrogens is 314 g/mol. The van der Waals surface area contributed by atoms with Crippen LogP contribution in [0.5, 0.6) is 0 Å². The van der Waals surface area contributed by atoms with Crippen LogP contribution in [0.1, 0.15) is 23.7 Å². The van der Waals surface area contributed by atoms with Gasteiger partial charge in [-0.05, 0) is 43.1 Å². The molecule has 0 aromatic heterocycles. The van der Waals surface area contributed by atoms with Gasteiger partial charge in [0.1, 0.15) is 0 Å². The number of nitrogens with one attached hydrogen (secondary N) is 3. The summed E-state index contributed by atoms with van der Waals surface area (Å²) in [4.78, 5) is 12.4. The average Bonchev–Trinajstić information content (AvgIpc) is 2.55. The zero-order valence-corrected chi connectivity index (χ0v) is 14.0. The SMILES string of the molecule is C=CCNS(=O)(=O)c1ccc(C(=O)NC2CNCCC2C)cc1. The molecule has 2 unspecified atom stereocenters. The molecule has 1 saturated heterocycles. The van der Waals surface area contributed by atoms with Crippen molar-refractivity contribution in [3.63, 3.8) is 0 Å². The summed E-state index contributed by atoms with van der Waals surface area (Å²) in [6.45, 7) is 7.48. The van der Waals surface area contributed by atoms with Crippen LogP contribution in [0.4, 0.5) is 0 Å². The van der Waals surface area contributed by atoms with E-state index < -0.39 is 10.0 Å². The lowest BCUT2D eigenvalue weighted by Gasteiger charge is -2.30. The third-order valence-corrected chi connectivity index (χ3v) is 5.43. The number of rotatable bonds is 6. The molecule has 23 heavy (non-hydrogen) atoms. The van der Waals surface area contributed by atoms with Gasteiger partial charge in [-0.15, -0.1) is 6.58 Å². The van der Waals surface area contributed by atoms with Crippen molar-refractivity contribution in [2.24, 2.45) is 5.92 Å². The maximum absolute atomic E-state index is 12.3. The van der Waals surface area contributed by atoms with Gasteiger partial charge in [-0.1, -0.05) is 13.0 Å². The molecule has 0 saturated carbocycles. The molecule has 2 rings (SSSR count). The van der Waals surface area contributed by atoms with Gasteiger partial charge >= 0.3 is 0 Å². The van der Waals surface area contributed by atoms with Crippen LogP contribution in [0, 0.1) is 5.92 Å². The fourth-order valence-corrected chi connectivity index (χ4v) is 3.47. The Hall–Kier alpha value is -1.70. The second kappa shape index (κ2) is 7.72. The zero-order valence-electron chi connectivity index (χ0n) is 13.2. The Kier molecular flexibility index (Phi) is 5.92. The second-order valence-electron chi connectivity index (χ2n) is 5.71. The largest absolute Gasteiger partial charge is 0.348 e. The standard InChI is InChI=1S/C16H23N3O3S/c1-3-9-18-23(21,22)14-6-4-13(5-7-14)16(20)19-15-11-17-10-8-12(15)2/h3-7,12,15,17-18H,1,8-11H2,2H3,(H,19,20). The molecular formula is C16H23N3O3S. The average molecular weight is 337 g/mol.